The van der Waals surface area contributed by atoms with Crippen LogP contribution in [-0.2, 0) is 0 Å². The minimum Gasteiger partial charge on any atom is -0.485 e. The molecule has 0 spiro atoms. The summed E-state index contributed by atoms with van der Waals surface area (Å²) in [5, 5.41) is 8.04. The molecule has 0 saturated heterocycles. The molecule has 134 valence electrons. The van der Waals surface area contributed by atoms with Gasteiger partial charge in [-0.3, -0.25) is 10.4 Å². The molecule has 0 amide bonds. The molecular formula is C21H18N4OS. The van der Waals surface area contributed by atoms with Gasteiger partial charge in [0.2, 0.25) is 0 Å². The van der Waals surface area contributed by atoms with E-state index in [0.29, 0.717) is 11.5 Å². The standard InChI is InChI=1S/C21H18N4OS/c27-21(23-16-9-6-12-22-14-16)25-24-18-13-20(15-7-2-1-3-8-15)26-19-11-5-4-10-17(18)19/h1-12,14,20H,13H2,(H2,23,25,27). The summed E-state index contributed by atoms with van der Waals surface area (Å²) >= 11 is 5.34. The van der Waals surface area contributed by atoms with Crippen molar-refractivity contribution in [3.8, 4) is 5.75 Å². The predicted molar refractivity (Wildman–Crippen MR) is 111 cm³/mol. The van der Waals surface area contributed by atoms with Gasteiger partial charge in [-0.2, -0.15) is 5.10 Å². The Kier molecular flexibility index (Phi) is 5.07. The van der Waals surface area contributed by atoms with Gasteiger partial charge in [0.25, 0.3) is 0 Å². The lowest BCUT2D eigenvalue weighted by atomic mass is 9.96. The number of ether oxygens (including phenoxy) is 1. The van der Waals surface area contributed by atoms with Gasteiger partial charge in [0, 0.05) is 18.2 Å². The Morgan fingerprint density at radius 1 is 1.04 bits per heavy atom. The van der Waals surface area contributed by atoms with E-state index in [9.17, 15) is 0 Å². The fraction of sp³-hybridized carbons (Fsp3) is 0.0952. The van der Waals surface area contributed by atoms with Crippen LogP contribution in [0.25, 0.3) is 0 Å². The maximum atomic E-state index is 6.19. The maximum Gasteiger partial charge on any atom is 0.191 e. The summed E-state index contributed by atoms with van der Waals surface area (Å²) in [7, 11) is 0. The van der Waals surface area contributed by atoms with Gasteiger partial charge in [-0.05, 0) is 42.0 Å². The third-order valence-electron chi connectivity index (χ3n) is 4.23. The van der Waals surface area contributed by atoms with Gasteiger partial charge in [0.1, 0.15) is 11.9 Å². The number of aromatic nitrogens is 1. The Hall–Kier alpha value is -3.25. The van der Waals surface area contributed by atoms with Gasteiger partial charge in [0.05, 0.1) is 17.6 Å². The van der Waals surface area contributed by atoms with Crippen molar-refractivity contribution in [3.63, 3.8) is 0 Å². The highest BCUT2D eigenvalue weighted by atomic mass is 32.1. The van der Waals surface area contributed by atoms with E-state index < -0.39 is 0 Å². The topological polar surface area (TPSA) is 58.5 Å². The minimum absolute atomic E-state index is 0.0819. The van der Waals surface area contributed by atoms with Gasteiger partial charge < -0.3 is 10.1 Å². The number of fused-ring (bicyclic) bond motifs is 1. The molecule has 1 aliphatic heterocycles. The van der Waals surface area contributed by atoms with E-state index in [-0.39, 0.29) is 6.10 Å². The number of rotatable bonds is 3. The number of hydrogen-bond donors (Lipinski definition) is 2. The Labute approximate surface area is 163 Å². The van der Waals surface area contributed by atoms with Crippen molar-refractivity contribution in [1.82, 2.24) is 10.4 Å². The van der Waals surface area contributed by atoms with Crippen LogP contribution >= 0.6 is 12.2 Å². The fourth-order valence-corrected chi connectivity index (χ4v) is 3.13. The van der Waals surface area contributed by atoms with Gasteiger partial charge in [-0.1, -0.05) is 42.5 Å². The molecule has 0 aliphatic carbocycles. The van der Waals surface area contributed by atoms with Crippen LogP contribution in [0.2, 0.25) is 0 Å². The SMILES string of the molecule is S=C(NN=C1CC(c2ccccc2)Oc2ccccc21)Nc1cccnc1. The number of benzene rings is 2. The zero-order chi connectivity index (χ0) is 18.5. The van der Waals surface area contributed by atoms with Crippen molar-refractivity contribution in [2.45, 2.75) is 12.5 Å². The van der Waals surface area contributed by atoms with Crippen LogP contribution in [0.5, 0.6) is 5.75 Å². The number of thiocarbonyl (C=S) groups is 1. The number of hydrogen-bond acceptors (Lipinski definition) is 4. The van der Waals surface area contributed by atoms with Crippen molar-refractivity contribution in [2.24, 2.45) is 5.10 Å². The first-order valence-corrected chi connectivity index (χ1v) is 9.05. The molecule has 2 heterocycles. The summed E-state index contributed by atoms with van der Waals surface area (Å²) in [6.07, 6.45) is 3.99. The molecular weight excluding hydrogens is 356 g/mol. The molecule has 1 aliphatic rings. The van der Waals surface area contributed by atoms with Gasteiger partial charge in [-0.25, -0.2) is 0 Å². The molecule has 4 rings (SSSR count). The molecule has 3 aromatic rings. The third-order valence-corrected chi connectivity index (χ3v) is 4.42. The molecule has 5 nitrogen and oxygen atoms in total. The average Bonchev–Trinajstić information content (AvgIpc) is 2.73. The fourth-order valence-electron chi connectivity index (χ4n) is 2.96. The first-order chi connectivity index (χ1) is 13.3. The van der Waals surface area contributed by atoms with E-state index >= 15 is 0 Å². The van der Waals surface area contributed by atoms with Crippen LogP contribution in [-0.4, -0.2) is 15.8 Å². The average molecular weight is 374 g/mol. The molecule has 2 aromatic carbocycles. The first kappa shape index (κ1) is 17.2. The Morgan fingerprint density at radius 3 is 2.67 bits per heavy atom. The van der Waals surface area contributed by atoms with Gasteiger partial charge >= 0.3 is 0 Å². The second kappa shape index (κ2) is 7.97. The van der Waals surface area contributed by atoms with Crippen molar-refractivity contribution in [1.29, 1.82) is 0 Å². The van der Waals surface area contributed by atoms with E-state index in [2.05, 4.69) is 33.0 Å². The molecule has 6 heteroatoms. The quantitative estimate of drug-likeness (QED) is 0.529. The number of nitrogens with one attached hydrogen (secondary N) is 2. The van der Waals surface area contributed by atoms with E-state index in [1.54, 1.807) is 12.4 Å². The number of anilines is 1. The maximum absolute atomic E-state index is 6.19. The lowest BCUT2D eigenvalue weighted by Crippen LogP contribution is -2.28. The van der Waals surface area contributed by atoms with Crippen LogP contribution in [0, 0.1) is 0 Å². The monoisotopic (exact) mass is 374 g/mol. The molecule has 1 atom stereocenters. The molecule has 27 heavy (non-hydrogen) atoms. The van der Waals surface area contributed by atoms with Crippen LogP contribution in [0.3, 0.4) is 0 Å². The summed E-state index contributed by atoms with van der Waals surface area (Å²) in [5.41, 5.74) is 6.75. The summed E-state index contributed by atoms with van der Waals surface area (Å²) in [6.45, 7) is 0. The van der Waals surface area contributed by atoms with E-state index in [1.807, 2.05) is 54.6 Å². The number of hydrazone groups is 1. The Morgan fingerprint density at radius 2 is 1.85 bits per heavy atom. The van der Waals surface area contributed by atoms with E-state index in [1.165, 1.54) is 0 Å². The summed E-state index contributed by atoms with van der Waals surface area (Å²) in [5.74, 6) is 0.823. The van der Waals surface area contributed by atoms with Crippen LogP contribution < -0.4 is 15.5 Å². The molecule has 0 fully saturated rings. The van der Waals surface area contributed by atoms with E-state index in [4.69, 9.17) is 17.0 Å². The Bertz CT molecular complexity index is 960. The molecule has 1 unspecified atom stereocenters. The third kappa shape index (κ3) is 4.12. The van der Waals surface area contributed by atoms with Crippen LogP contribution in [0.4, 0.5) is 5.69 Å². The summed E-state index contributed by atoms with van der Waals surface area (Å²) in [4.78, 5) is 4.06. The largest absolute Gasteiger partial charge is 0.485 e. The van der Waals surface area contributed by atoms with Crippen molar-refractivity contribution in [2.75, 3.05) is 5.32 Å². The molecule has 2 N–H and O–H groups in total. The highest BCUT2D eigenvalue weighted by Crippen LogP contribution is 2.34. The highest BCUT2D eigenvalue weighted by Gasteiger charge is 2.26. The second-order valence-electron chi connectivity index (χ2n) is 6.08. The van der Waals surface area contributed by atoms with Gasteiger partial charge in [0.15, 0.2) is 5.11 Å². The van der Waals surface area contributed by atoms with Crippen LogP contribution in [0.15, 0.2) is 84.2 Å². The lowest BCUT2D eigenvalue weighted by molar-refractivity contribution is 0.206. The zero-order valence-electron chi connectivity index (χ0n) is 14.5. The van der Waals surface area contributed by atoms with Crippen LogP contribution in [0.1, 0.15) is 23.7 Å². The summed E-state index contributed by atoms with van der Waals surface area (Å²) in [6, 6.07) is 21.8. The smallest absolute Gasteiger partial charge is 0.191 e. The molecule has 0 radical (unpaired) electrons. The summed E-state index contributed by atoms with van der Waals surface area (Å²) < 4.78 is 6.19. The number of para-hydroxylation sites is 1. The molecule has 1 aromatic heterocycles. The van der Waals surface area contributed by atoms with Crippen molar-refractivity contribution < 1.29 is 4.74 Å². The van der Waals surface area contributed by atoms with Crippen molar-refractivity contribution in [3.05, 3.63) is 90.3 Å². The minimum atomic E-state index is -0.0819. The zero-order valence-corrected chi connectivity index (χ0v) is 15.3. The first-order valence-electron chi connectivity index (χ1n) is 8.64. The predicted octanol–water partition coefficient (Wildman–Crippen LogP) is 4.30. The number of nitrogens with zero attached hydrogens (tertiary/aromatic N) is 2. The molecule has 0 bridgehead atoms. The van der Waals surface area contributed by atoms with E-state index in [0.717, 1.165) is 28.3 Å². The molecule has 0 saturated carbocycles. The Balaban J connectivity index is 1.54. The second-order valence-corrected chi connectivity index (χ2v) is 6.49. The van der Waals surface area contributed by atoms with Gasteiger partial charge in [-0.15, -0.1) is 0 Å². The normalized spacial score (nSPS) is 16.9. The number of pyridine rings is 1. The van der Waals surface area contributed by atoms with Crippen molar-refractivity contribution >= 4 is 28.7 Å². The highest BCUT2D eigenvalue weighted by molar-refractivity contribution is 7.80. The lowest BCUT2D eigenvalue weighted by Gasteiger charge is -2.27.